The zero-order valence-electron chi connectivity index (χ0n) is 6.80. The Morgan fingerprint density at radius 3 is 1.92 bits per heavy atom. The van der Waals surface area contributed by atoms with Crippen LogP contribution in [0.4, 0.5) is 0 Å². The molecule has 5 N–H and O–H groups in total. The zero-order valence-corrected chi connectivity index (χ0v) is 8.28. The van der Waals surface area contributed by atoms with Crippen molar-refractivity contribution >= 4 is 11.9 Å². The van der Waals surface area contributed by atoms with E-state index in [1.807, 2.05) is 0 Å². The van der Waals surface area contributed by atoms with Crippen LogP contribution in [0.5, 0.6) is 0 Å². The number of hydrogen-bond acceptors (Lipinski definition) is 3. The van der Waals surface area contributed by atoms with E-state index in [-0.39, 0.29) is 41.4 Å². The molecular formula is C6H13AgNO4. The summed E-state index contributed by atoms with van der Waals surface area (Å²) in [5.74, 6) is -2.01. The molecular weight excluding hydrogens is 258 g/mol. The van der Waals surface area contributed by atoms with Crippen molar-refractivity contribution in [2.24, 2.45) is 0 Å². The van der Waals surface area contributed by atoms with E-state index in [0.29, 0.717) is 12.8 Å². The van der Waals surface area contributed by atoms with Crippen molar-refractivity contribution in [2.75, 3.05) is 0 Å². The second-order valence-electron chi connectivity index (χ2n) is 1.97. The van der Waals surface area contributed by atoms with Gasteiger partial charge in [0.25, 0.3) is 0 Å². The van der Waals surface area contributed by atoms with Gasteiger partial charge in [-0.25, -0.2) is 0 Å². The monoisotopic (exact) mass is 270 g/mol. The molecule has 1 radical (unpaired) electrons. The molecule has 0 aliphatic carbocycles. The van der Waals surface area contributed by atoms with Crippen molar-refractivity contribution in [3.05, 3.63) is 0 Å². The third kappa shape index (κ3) is 16.3. The van der Waals surface area contributed by atoms with Crippen LogP contribution in [-0.2, 0) is 32.0 Å². The molecule has 0 aromatic carbocycles. The summed E-state index contributed by atoms with van der Waals surface area (Å²) >= 11 is 0. The molecule has 6 heteroatoms. The van der Waals surface area contributed by atoms with Gasteiger partial charge in [0, 0.05) is 34.8 Å². The van der Waals surface area contributed by atoms with Crippen LogP contribution in [0, 0.1) is 0 Å². The van der Waals surface area contributed by atoms with E-state index >= 15 is 0 Å². The topological polar surface area (TPSA) is 114 Å². The Hall–Kier alpha value is -0.360. The first-order valence-electron chi connectivity index (χ1n) is 3.04. The maximum Gasteiger partial charge on any atom is 0.303 e. The largest absolute Gasteiger partial charge is 0.550 e. The quantitative estimate of drug-likeness (QED) is 0.530. The number of quaternary nitrogens is 1. The maximum absolute atomic E-state index is 9.88. The molecule has 0 saturated carbocycles. The average molecular weight is 271 g/mol. The van der Waals surface area contributed by atoms with E-state index in [1.54, 1.807) is 0 Å². The summed E-state index contributed by atoms with van der Waals surface area (Å²) in [7, 11) is 0. The normalized spacial score (nSPS) is 7.67. The second-order valence-corrected chi connectivity index (χ2v) is 1.97. The predicted octanol–water partition coefficient (Wildman–Crippen LogP) is -0.245. The Morgan fingerprint density at radius 1 is 1.17 bits per heavy atom. The van der Waals surface area contributed by atoms with E-state index in [4.69, 9.17) is 5.11 Å². The molecule has 0 atom stereocenters. The number of rotatable bonds is 5. The molecule has 0 aromatic rings. The van der Waals surface area contributed by atoms with Crippen LogP contribution in [0.2, 0.25) is 0 Å². The van der Waals surface area contributed by atoms with Crippen LogP contribution in [0.15, 0.2) is 0 Å². The number of unbranched alkanes of at least 4 members (excludes halogenated alkanes) is 1. The van der Waals surface area contributed by atoms with Gasteiger partial charge in [0.05, 0.1) is 0 Å². The summed E-state index contributed by atoms with van der Waals surface area (Å²) < 4.78 is 0. The molecule has 0 aliphatic rings. The minimum Gasteiger partial charge on any atom is -0.550 e. The fourth-order valence-electron chi connectivity index (χ4n) is 0.546. The second kappa shape index (κ2) is 10.6. The van der Waals surface area contributed by atoms with Crippen LogP contribution < -0.4 is 11.3 Å². The fraction of sp³-hybridized carbons (Fsp3) is 0.667. The summed E-state index contributed by atoms with van der Waals surface area (Å²) in [6, 6.07) is 0. The van der Waals surface area contributed by atoms with Gasteiger partial charge in [0.15, 0.2) is 0 Å². The number of carbonyl (C=O) groups excluding carboxylic acids is 1. The molecule has 5 nitrogen and oxygen atoms in total. The molecule has 0 bridgehead atoms. The molecule has 0 unspecified atom stereocenters. The molecule has 0 spiro atoms. The number of aliphatic carboxylic acids is 2. The minimum atomic E-state index is -1.12. The Morgan fingerprint density at radius 2 is 1.58 bits per heavy atom. The Balaban J connectivity index is -0.000000405. The van der Waals surface area contributed by atoms with E-state index in [1.165, 1.54) is 0 Å². The van der Waals surface area contributed by atoms with Gasteiger partial charge in [-0.3, -0.25) is 4.79 Å². The van der Waals surface area contributed by atoms with Crippen molar-refractivity contribution in [1.82, 2.24) is 6.15 Å². The molecule has 77 valence electrons. The van der Waals surface area contributed by atoms with Gasteiger partial charge in [0.2, 0.25) is 0 Å². The summed E-state index contributed by atoms with van der Waals surface area (Å²) in [4.78, 5) is 19.7. The van der Waals surface area contributed by atoms with Crippen molar-refractivity contribution in [3.8, 4) is 0 Å². The molecule has 0 fully saturated rings. The van der Waals surface area contributed by atoms with Gasteiger partial charge in [-0.05, 0) is 19.3 Å². The van der Waals surface area contributed by atoms with Gasteiger partial charge in [-0.2, -0.15) is 0 Å². The van der Waals surface area contributed by atoms with Crippen LogP contribution >= 0.6 is 0 Å². The third-order valence-electron chi connectivity index (χ3n) is 1.02. The van der Waals surface area contributed by atoms with Crippen LogP contribution in [-0.4, -0.2) is 17.0 Å². The van der Waals surface area contributed by atoms with Crippen molar-refractivity contribution in [3.63, 3.8) is 0 Å². The van der Waals surface area contributed by atoms with Gasteiger partial charge in [-0.15, -0.1) is 0 Å². The number of carbonyl (C=O) groups is 2. The summed E-state index contributed by atoms with van der Waals surface area (Å²) in [6.07, 6.45) is 0.776. The predicted molar refractivity (Wildman–Crippen MR) is 37.1 cm³/mol. The number of carboxylic acids is 2. The SMILES string of the molecule is O=C([O-])CCCCC(=O)O.[Ag].[NH4+]. The van der Waals surface area contributed by atoms with E-state index in [9.17, 15) is 14.7 Å². The van der Waals surface area contributed by atoms with E-state index in [0.717, 1.165) is 0 Å². The Labute approximate surface area is 86.2 Å². The Kier molecular flexibility index (Phi) is 15.7. The average Bonchev–Trinajstić information content (AvgIpc) is 1.79. The van der Waals surface area contributed by atoms with Crippen LogP contribution in [0.25, 0.3) is 0 Å². The molecule has 0 aliphatic heterocycles. The summed E-state index contributed by atoms with van der Waals surface area (Å²) in [6.45, 7) is 0. The van der Waals surface area contributed by atoms with E-state index < -0.39 is 11.9 Å². The first-order chi connectivity index (χ1) is 4.63. The van der Waals surface area contributed by atoms with Crippen molar-refractivity contribution in [2.45, 2.75) is 25.7 Å². The Bertz CT molecular complexity index is 124. The molecule has 0 amide bonds. The molecule has 12 heavy (non-hydrogen) atoms. The van der Waals surface area contributed by atoms with Crippen molar-refractivity contribution in [1.29, 1.82) is 0 Å². The third-order valence-corrected chi connectivity index (χ3v) is 1.02. The number of carboxylic acid groups (broad SMARTS) is 2. The maximum atomic E-state index is 9.88. The first-order valence-corrected chi connectivity index (χ1v) is 3.04. The van der Waals surface area contributed by atoms with E-state index in [2.05, 4.69) is 0 Å². The van der Waals surface area contributed by atoms with Crippen LogP contribution in [0.1, 0.15) is 25.7 Å². The van der Waals surface area contributed by atoms with Gasteiger partial charge in [0.1, 0.15) is 0 Å². The molecule has 0 saturated heterocycles. The van der Waals surface area contributed by atoms with Crippen molar-refractivity contribution < 1.29 is 42.2 Å². The van der Waals surface area contributed by atoms with Crippen LogP contribution in [0.3, 0.4) is 0 Å². The summed E-state index contributed by atoms with van der Waals surface area (Å²) in [5.41, 5.74) is 0. The molecule has 0 aromatic heterocycles. The van der Waals surface area contributed by atoms with Gasteiger partial charge in [-0.1, -0.05) is 0 Å². The summed E-state index contributed by atoms with van der Waals surface area (Å²) in [5, 5.41) is 17.9. The number of hydrogen-bond donors (Lipinski definition) is 2. The standard InChI is InChI=1S/C6H10O4.Ag.H3N/c7-5(8)3-1-2-4-6(9)10;;/h1-4H2,(H,7,8)(H,9,10);;1H3. The molecule has 0 rings (SSSR count). The minimum absolute atomic E-state index is 0. The zero-order chi connectivity index (χ0) is 7.98. The van der Waals surface area contributed by atoms with Gasteiger partial charge >= 0.3 is 5.97 Å². The first kappa shape index (κ1) is 17.7. The fourth-order valence-corrected chi connectivity index (χ4v) is 0.546. The smallest absolute Gasteiger partial charge is 0.303 e. The van der Waals surface area contributed by atoms with Gasteiger partial charge < -0.3 is 21.2 Å². The molecule has 0 heterocycles.